The predicted molar refractivity (Wildman–Crippen MR) is 80.3 cm³/mol. The third-order valence-electron chi connectivity index (χ3n) is 4.31. The molecule has 2 fully saturated rings. The number of rotatable bonds is 2. The fourth-order valence-electron chi connectivity index (χ4n) is 3.08. The van der Waals surface area contributed by atoms with Gasteiger partial charge in [0.2, 0.25) is 5.91 Å². The van der Waals surface area contributed by atoms with Crippen LogP contribution in [0.5, 0.6) is 0 Å². The van der Waals surface area contributed by atoms with Gasteiger partial charge in [0.25, 0.3) is 5.91 Å². The minimum atomic E-state index is -0.0855. The van der Waals surface area contributed by atoms with Crippen LogP contribution >= 0.6 is 0 Å². The normalized spacial score (nSPS) is 22.5. The lowest BCUT2D eigenvalue weighted by Crippen LogP contribution is -2.49. The Labute approximate surface area is 130 Å². The Balaban J connectivity index is 1.63. The van der Waals surface area contributed by atoms with Crippen molar-refractivity contribution in [1.29, 1.82) is 0 Å². The maximum Gasteiger partial charge on any atom is 0.253 e. The van der Waals surface area contributed by atoms with Crippen LogP contribution in [-0.2, 0) is 9.53 Å². The Kier molecular flexibility index (Phi) is 4.68. The molecule has 1 atom stereocenters. The van der Waals surface area contributed by atoms with Gasteiger partial charge in [-0.3, -0.25) is 14.6 Å². The van der Waals surface area contributed by atoms with Gasteiger partial charge in [0, 0.05) is 44.1 Å². The predicted octanol–water partition coefficient (Wildman–Crippen LogP) is 0.793. The lowest BCUT2D eigenvalue weighted by atomic mass is 9.95. The van der Waals surface area contributed by atoms with Crippen LogP contribution in [0.15, 0.2) is 24.5 Å². The molecule has 2 saturated heterocycles. The number of piperidine rings is 1. The largest absolute Gasteiger partial charge is 0.378 e. The molecule has 1 aromatic rings. The summed E-state index contributed by atoms with van der Waals surface area (Å²) in [5, 5.41) is 0. The van der Waals surface area contributed by atoms with E-state index in [-0.39, 0.29) is 17.7 Å². The first kappa shape index (κ1) is 15.0. The van der Waals surface area contributed by atoms with Crippen LogP contribution in [0.4, 0.5) is 0 Å². The van der Waals surface area contributed by atoms with Crippen molar-refractivity contribution in [2.75, 3.05) is 39.4 Å². The van der Waals surface area contributed by atoms with Gasteiger partial charge in [-0.15, -0.1) is 0 Å². The molecule has 0 aromatic carbocycles. The van der Waals surface area contributed by atoms with Gasteiger partial charge in [-0.1, -0.05) is 0 Å². The van der Waals surface area contributed by atoms with E-state index in [9.17, 15) is 9.59 Å². The molecular formula is C16H21N3O3. The minimum Gasteiger partial charge on any atom is -0.378 e. The molecule has 1 aromatic heterocycles. The van der Waals surface area contributed by atoms with Crippen LogP contribution in [0.1, 0.15) is 23.2 Å². The molecule has 0 bridgehead atoms. The average molecular weight is 303 g/mol. The molecule has 6 heteroatoms. The Morgan fingerprint density at radius 3 is 2.55 bits per heavy atom. The molecule has 2 aliphatic rings. The molecule has 0 aliphatic carbocycles. The first-order valence-corrected chi connectivity index (χ1v) is 7.81. The molecule has 3 rings (SSSR count). The average Bonchev–Trinajstić information content (AvgIpc) is 2.62. The molecule has 22 heavy (non-hydrogen) atoms. The quantitative estimate of drug-likeness (QED) is 0.810. The van der Waals surface area contributed by atoms with E-state index in [1.807, 2.05) is 4.90 Å². The summed E-state index contributed by atoms with van der Waals surface area (Å²) in [7, 11) is 0. The minimum absolute atomic E-state index is 0.0122. The molecule has 2 aliphatic heterocycles. The number of hydrogen-bond acceptors (Lipinski definition) is 4. The summed E-state index contributed by atoms with van der Waals surface area (Å²) in [6, 6.07) is 3.44. The van der Waals surface area contributed by atoms with E-state index in [0.29, 0.717) is 45.0 Å². The zero-order chi connectivity index (χ0) is 15.4. The van der Waals surface area contributed by atoms with Crippen molar-refractivity contribution in [3.63, 3.8) is 0 Å². The Morgan fingerprint density at radius 1 is 1.09 bits per heavy atom. The van der Waals surface area contributed by atoms with Crippen LogP contribution < -0.4 is 0 Å². The Bertz CT molecular complexity index is 529. The second-order valence-electron chi connectivity index (χ2n) is 5.76. The Hall–Kier alpha value is -1.95. The van der Waals surface area contributed by atoms with E-state index in [0.717, 1.165) is 12.8 Å². The first-order chi connectivity index (χ1) is 10.8. The van der Waals surface area contributed by atoms with Gasteiger partial charge >= 0.3 is 0 Å². The van der Waals surface area contributed by atoms with Gasteiger partial charge in [-0.2, -0.15) is 0 Å². The van der Waals surface area contributed by atoms with Crippen molar-refractivity contribution in [3.05, 3.63) is 30.1 Å². The van der Waals surface area contributed by atoms with Crippen molar-refractivity contribution >= 4 is 11.8 Å². The summed E-state index contributed by atoms with van der Waals surface area (Å²) in [4.78, 5) is 32.7. The van der Waals surface area contributed by atoms with Gasteiger partial charge in [0.15, 0.2) is 0 Å². The number of morpholine rings is 1. The van der Waals surface area contributed by atoms with Gasteiger partial charge in [0.05, 0.1) is 19.1 Å². The van der Waals surface area contributed by atoms with Crippen LogP contribution in [0.25, 0.3) is 0 Å². The standard InChI is InChI=1S/C16H21N3O3/c20-15(13-3-5-17-6-4-13)19-7-1-2-14(12-19)16(21)18-8-10-22-11-9-18/h3-6,14H,1-2,7-12H2/t14-/m0/s1. The molecule has 2 amide bonds. The third-order valence-corrected chi connectivity index (χ3v) is 4.31. The lowest BCUT2D eigenvalue weighted by molar-refractivity contribution is -0.141. The number of hydrogen-bond donors (Lipinski definition) is 0. The van der Waals surface area contributed by atoms with E-state index in [1.54, 1.807) is 29.4 Å². The number of amides is 2. The van der Waals surface area contributed by atoms with Crippen LogP contribution in [-0.4, -0.2) is 66.0 Å². The number of carbonyl (C=O) groups is 2. The van der Waals surface area contributed by atoms with Crippen LogP contribution in [0, 0.1) is 5.92 Å². The molecule has 0 radical (unpaired) electrons. The molecular weight excluding hydrogens is 282 g/mol. The zero-order valence-electron chi connectivity index (χ0n) is 12.6. The van der Waals surface area contributed by atoms with Crippen LogP contribution in [0.3, 0.4) is 0 Å². The summed E-state index contributed by atoms with van der Waals surface area (Å²) in [5.74, 6) is 0.0649. The molecule has 0 N–H and O–H groups in total. The van der Waals surface area contributed by atoms with E-state index in [2.05, 4.69) is 4.98 Å². The summed E-state index contributed by atoms with van der Waals surface area (Å²) in [6.07, 6.45) is 4.97. The summed E-state index contributed by atoms with van der Waals surface area (Å²) < 4.78 is 5.29. The zero-order valence-corrected chi connectivity index (χ0v) is 12.6. The van der Waals surface area contributed by atoms with Crippen molar-refractivity contribution < 1.29 is 14.3 Å². The fourth-order valence-corrected chi connectivity index (χ4v) is 3.08. The van der Waals surface area contributed by atoms with E-state index >= 15 is 0 Å². The van der Waals surface area contributed by atoms with E-state index in [1.165, 1.54) is 0 Å². The monoisotopic (exact) mass is 303 g/mol. The Morgan fingerprint density at radius 2 is 1.82 bits per heavy atom. The van der Waals surface area contributed by atoms with Crippen molar-refractivity contribution in [3.8, 4) is 0 Å². The number of ether oxygens (including phenoxy) is 1. The maximum absolute atomic E-state index is 12.6. The molecule has 118 valence electrons. The second kappa shape index (κ2) is 6.87. The maximum atomic E-state index is 12.6. The number of nitrogens with zero attached hydrogens (tertiary/aromatic N) is 3. The molecule has 0 unspecified atom stereocenters. The SMILES string of the molecule is O=C(c1ccncc1)N1CCC[C@H](C(=O)N2CCOCC2)C1. The van der Waals surface area contributed by atoms with Crippen molar-refractivity contribution in [2.24, 2.45) is 5.92 Å². The smallest absolute Gasteiger partial charge is 0.253 e. The van der Waals surface area contributed by atoms with Gasteiger partial charge in [0.1, 0.15) is 0 Å². The lowest BCUT2D eigenvalue weighted by Gasteiger charge is -2.36. The molecule has 3 heterocycles. The molecule has 0 saturated carbocycles. The number of likely N-dealkylation sites (tertiary alicyclic amines) is 1. The highest BCUT2D eigenvalue weighted by molar-refractivity contribution is 5.94. The van der Waals surface area contributed by atoms with E-state index in [4.69, 9.17) is 4.74 Å². The van der Waals surface area contributed by atoms with Gasteiger partial charge < -0.3 is 14.5 Å². The summed E-state index contributed by atoms with van der Waals surface area (Å²) >= 11 is 0. The number of aromatic nitrogens is 1. The number of carbonyl (C=O) groups excluding carboxylic acids is 2. The third kappa shape index (κ3) is 3.27. The highest BCUT2D eigenvalue weighted by Crippen LogP contribution is 2.21. The van der Waals surface area contributed by atoms with Crippen molar-refractivity contribution in [2.45, 2.75) is 12.8 Å². The number of pyridine rings is 1. The fraction of sp³-hybridized carbons (Fsp3) is 0.562. The topological polar surface area (TPSA) is 62.7 Å². The molecule has 0 spiro atoms. The van der Waals surface area contributed by atoms with Crippen molar-refractivity contribution in [1.82, 2.24) is 14.8 Å². The summed E-state index contributed by atoms with van der Waals surface area (Å²) in [6.45, 7) is 3.77. The molecule has 6 nitrogen and oxygen atoms in total. The van der Waals surface area contributed by atoms with Crippen LogP contribution in [0.2, 0.25) is 0 Å². The van der Waals surface area contributed by atoms with Gasteiger partial charge in [-0.05, 0) is 25.0 Å². The summed E-state index contributed by atoms with van der Waals surface area (Å²) in [5.41, 5.74) is 0.634. The highest BCUT2D eigenvalue weighted by atomic mass is 16.5. The first-order valence-electron chi connectivity index (χ1n) is 7.81. The van der Waals surface area contributed by atoms with Gasteiger partial charge in [-0.25, -0.2) is 0 Å². The second-order valence-corrected chi connectivity index (χ2v) is 5.76. The van der Waals surface area contributed by atoms with E-state index < -0.39 is 0 Å². The highest BCUT2D eigenvalue weighted by Gasteiger charge is 2.32.